The highest BCUT2D eigenvalue weighted by molar-refractivity contribution is 6.06. The highest BCUT2D eigenvalue weighted by Crippen LogP contribution is 2.47. The van der Waals surface area contributed by atoms with Crippen molar-refractivity contribution in [1.82, 2.24) is 0 Å². The summed E-state index contributed by atoms with van der Waals surface area (Å²) in [4.78, 5) is 5.28. The van der Waals surface area contributed by atoms with Crippen LogP contribution in [-0.2, 0) is 0 Å². The lowest BCUT2D eigenvalue weighted by Gasteiger charge is -2.36. The SMILES string of the molecule is Cc1cc2oc3ccccc3c2cc1N1C(c2ccccc2)N(c2ccccc2)C(C(C)C)[C@@H]1C. The fourth-order valence-electron chi connectivity index (χ4n) is 6.15. The average molecular weight is 461 g/mol. The van der Waals surface area contributed by atoms with Gasteiger partial charge in [0.15, 0.2) is 0 Å². The van der Waals surface area contributed by atoms with Crippen LogP contribution in [0, 0.1) is 12.8 Å². The molecule has 0 N–H and O–H groups in total. The summed E-state index contributed by atoms with van der Waals surface area (Å²) in [5.41, 5.74) is 6.98. The molecule has 3 heteroatoms. The first-order valence-electron chi connectivity index (χ1n) is 12.6. The summed E-state index contributed by atoms with van der Waals surface area (Å²) in [6.45, 7) is 9.30. The number of rotatable bonds is 4. The largest absolute Gasteiger partial charge is 0.456 e. The lowest BCUT2D eigenvalue weighted by Crippen LogP contribution is -2.39. The molecule has 3 nitrogen and oxygen atoms in total. The number of benzene rings is 4. The van der Waals surface area contributed by atoms with Gasteiger partial charge >= 0.3 is 0 Å². The third kappa shape index (κ3) is 3.49. The zero-order valence-corrected chi connectivity index (χ0v) is 20.8. The van der Waals surface area contributed by atoms with Gasteiger partial charge in [0.05, 0.1) is 6.04 Å². The molecular weight excluding hydrogens is 428 g/mol. The number of hydrogen-bond donors (Lipinski definition) is 0. The molecule has 1 fully saturated rings. The smallest absolute Gasteiger partial charge is 0.135 e. The molecule has 1 aromatic heterocycles. The van der Waals surface area contributed by atoms with E-state index in [1.54, 1.807) is 0 Å². The Balaban J connectivity index is 1.60. The molecule has 0 radical (unpaired) electrons. The highest BCUT2D eigenvalue weighted by atomic mass is 16.3. The zero-order valence-electron chi connectivity index (χ0n) is 20.8. The van der Waals surface area contributed by atoms with E-state index < -0.39 is 0 Å². The molecule has 1 aliphatic rings. The van der Waals surface area contributed by atoms with Gasteiger partial charge in [-0.15, -0.1) is 0 Å². The first-order valence-corrected chi connectivity index (χ1v) is 12.6. The predicted molar refractivity (Wildman–Crippen MR) is 147 cm³/mol. The number of para-hydroxylation sites is 2. The number of aryl methyl sites for hydroxylation is 1. The minimum atomic E-state index is 0.0929. The van der Waals surface area contributed by atoms with Crippen LogP contribution in [-0.4, -0.2) is 12.1 Å². The normalized spacial score (nSPS) is 20.4. The molecule has 2 heterocycles. The first-order chi connectivity index (χ1) is 17.0. The van der Waals surface area contributed by atoms with Crippen molar-refractivity contribution in [2.75, 3.05) is 9.80 Å². The number of furan rings is 1. The molecule has 0 spiro atoms. The third-order valence-electron chi connectivity index (χ3n) is 7.59. The highest BCUT2D eigenvalue weighted by Gasteiger charge is 2.47. The summed E-state index contributed by atoms with van der Waals surface area (Å²) in [7, 11) is 0. The van der Waals surface area contributed by atoms with Crippen LogP contribution in [0.4, 0.5) is 11.4 Å². The summed E-state index contributed by atoms with van der Waals surface area (Å²) in [5, 5.41) is 2.35. The van der Waals surface area contributed by atoms with Crippen LogP contribution in [0.2, 0.25) is 0 Å². The minimum absolute atomic E-state index is 0.0929. The van der Waals surface area contributed by atoms with Crippen molar-refractivity contribution < 1.29 is 4.42 Å². The third-order valence-corrected chi connectivity index (χ3v) is 7.59. The summed E-state index contributed by atoms with van der Waals surface area (Å²) >= 11 is 0. The Morgan fingerprint density at radius 3 is 2.09 bits per heavy atom. The van der Waals surface area contributed by atoms with Crippen LogP contribution in [0.1, 0.15) is 38.1 Å². The van der Waals surface area contributed by atoms with Crippen molar-refractivity contribution in [2.24, 2.45) is 5.92 Å². The quantitative estimate of drug-likeness (QED) is 0.269. The lowest BCUT2D eigenvalue weighted by atomic mass is 9.96. The molecule has 176 valence electrons. The molecule has 3 atom stereocenters. The lowest BCUT2D eigenvalue weighted by molar-refractivity contribution is 0.455. The standard InChI is InChI=1S/C32H32N2O/c1-21(2)31-23(4)33(28-20-27-26-17-11-12-18-29(26)35-30(27)19-22(28)3)32(24-13-7-5-8-14-24)34(31)25-15-9-6-10-16-25/h5-21,23,31-32H,1-4H3/t23-,31?,32?/m0/s1. The predicted octanol–water partition coefficient (Wildman–Crippen LogP) is 8.33. The van der Waals surface area contributed by atoms with Crippen molar-refractivity contribution in [3.8, 4) is 0 Å². The molecule has 4 aromatic carbocycles. The van der Waals surface area contributed by atoms with Gasteiger partial charge < -0.3 is 14.2 Å². The second-order valence-electron chi connectivity index (χ2n) is 10.1. The monoisotopic (exact) mass is 460 g/mol. The number of fused-ring (bicyclic) bond motifs is 3. The van der Waals surface area contributed by atoms with E-state index in [0.29, 0.717) is 18.0 Å². The summed E-state index contributed by atoms with van der Waals surface area (Å²) in [5.74, 6) is 0.486. The van der Waals surface area contributed by atoms with Crippen LogP contribution in [0.5, 0.6) is 0 Å². The summed E-state index contributed by atoms with van der Waals surface area (Å²) < 4.78 is 6.21. The fourth-order valence-corrected chi connectivity index (χ4v) is 6.15. The molecule has 0 saturated carbocycles. The first kappa shape index (κ1) is 21.8. The van der Waals surface area contributed by atoms with E-state index in [4.69, 9.17) is 4.42 Å². The van der Waals surface area contributed by atoms with Crippen molar-refractivity contribution in [2.45, 2.75) is 45.9 Å². The minimum Gasteiger partial charge on any atom is -0.456 e. The fraction of sp³-hybridized carbons (Fsp3) is 0.250. The van der Waals surface area contributed by atoms with Gasteiger partial charge in [-0.2, -0.15) is 0 Å². The number of anilines is 2. The van der Waals surface area contributed by atoms with E-state index in [2.05, 4.69) is 128 Å². The van der Waals surface area contributed by atoms with Crippen LogP contribution >= 0.6 is 0 Å². The second kappa shape index (κ2) is 8.49. The van der Waals surface area contributed by atoms with Gasteiger partial charge in [-0.05, 0) is 61.2 Å². The molecule has 0 amide bonds. The van der Waals surface area contributed by atoms with Gasteiger partial charge in [-0.25, -0.2) is 0 Å². The van der Waals surface area contributed by atoms with Gasteiger partial charge in [0.2, 0.25) is 0 Å². The van der Waals surface area contributed by atoms with Gasteiger partial charge in [0.25, 0.3) is 0 Å². The van der Waals surface area contributed by atoms with E-state index in [9.17, 15) is 0 Å². The molecule has 0 aliphatic carbocycles. The van der Waals surface area contributed by atoms with Crippen LogP contribution < -0.4 is 9.80 Å². The molecule has 1 aliphatic heterocycles. The molecular formula is C32H32N2O. The van der Waals surface area contributed by atoms with Gasteiger partial charge in [0.1, 0.15) is 17.3 Å². The molecule has 1 saturated heterocycles. The van der Waals surface area contributed by atoms with Crippen LogP contribution in [0.25, 0.3) is 21.9 Å². The maximum Gasteiger partial charge on any atom is 0.135 e. The van der Waals surface area contributed by atoms with Crippen molar-refractivity contribution in [3.63, 3.8) is 0 Å². The Morgan fingerprint density at radius 1 is 0.714 bits per heavy atom. The Bertz CT molecular complexity index is 1470. The van der Waals surface area contributed by atoms with Gasteiger partial charge in [0, 0.05) is 28.2 Å². The maximum atomic E-state index is 6.21. The molecule has 0 bridgehead atoms. The van der Waals surface area contributed by atoms with Gasteiger partial charge in [-0.3, -0.25) is 0 Å². The van der Waals surface area contributed by atoms with E-state index in [-0.39, 0.29) is 6.17 Å². The van der Waals surface area contributed by atoms with E-state index in [1.165, 1.54) is 33.3 Å². The van der Waals surface area contributed by atoms with Crippen molar-refractivity contribution in [1.29, 1.82) is 0 Å². The molecule has 35 heavy (non-hydrogen) atoms. The Hall–Kier alpha value is -3.72. The average Bonchev–Trinajstić information content (AvgIpc) is 3.39. The van der Waals surface area contributed by atoms with E-state index in [0.717, 1.165) is 11.2 Å². The second-order valence-corrected chi connectivity index (χ2v) is 10.1. The topological polar surface area (TPSA) is 19.6 Å². The van der Waals surface area contributed by atoms with Crippen molar-refractivity contribution >= 4 is 33.3 Å². The summed E-state index contributed by atoms with van der Waals surface area (Å²) in [6.07, 6.45) is 0.0929. The van der Waals surface area contributed by atoms with E-state index in [1.807, 2.05) is 6.07 Å². The summed E-state index contributed by atoms with van der Waals surface area (Å²) in [6, 6.07) is 35.5. The van der Waals surface area contributed by atoms with Crippen molar-refractivity contribution in [3.05, 3.63) is 108 Å². The van der Waals surface area contributed by atoms with E-state index >= 15 is 0 Å². The number of nitrogens with zero attached hydrogens (tertiary/aromatic N) is 2. The van der Waals surface area contributed by atoms with Crippen LogP contribution in [0.3, 0.4) is 0 Å². The Morgan fingerprint density at radius 2 is 1.37 bits per heavy atom. The van der Waals surface area contributed by atoms with Crippen LogP contribution in [0.15, 0.2) is 101 Å². The Labute approximate surface area is 207 Å². The maximum absolute atomic E-state index is 6.21. The Kier molecular flexibility index (Phi) is 5.29. The molecule has 2 unspecified atom stereocenters. The molecule has 5 aromatic rings. The van der Waals surface area contributed by atoms with Gasteiger partial charge in [-0.1, -0.05) is 80.6 Å². The zero-order chi connectivity index (χ0) is 24.1. The number of hydrogen-bond acceptors (Lipinski definition) is 3. The molecule has 6 rings (SSSR count).